The molecule has 3 aliphatic rings. The number of halogens is 1. The Hall–Kier alpha value is -0.390. The van der Waals surface area contributed by atoms with Gasteiger partial charge in [-0.3, -0.25) is 9.59 Å². The summed E-state index contributed by atoms with van der Waals surface area (Å²) in [6, 6.07) is 0.371. The monoisotopic (exact) mass is 331 g/mol. The maximum atomic E-state index is 11.9. The largest absolute Gasteiger partial charge is 0.338 e. The molecule has 0 aromatic heterocycles. The second kappa shape index (κ2) is 3.82. The van der Waals surface area contributed by atoms with Crippen LogP contribution in [0.2, 0.25) is 0 Å². The molecule has 0 saturated carbocycles. The zero-order chi connectivity index (χ0) is 11.3. The minimum atomic E-state index is 0.0696. The number of nitrogens with zero attached hydrogens (tertiary/aromatic N) is 1. The van der Waals surface area contributed by atoms with Crippen LogP contribution in [0.1, 0.15) is 25.7 Å². The van der Waals surface area contributed by atoms with Crippen molar-refractivity contribution in [1.82, 2.24) is 4.90 Å². The summed E-state index contributed by atoms with van der Waals surface area (Å²) in [6.07, 6.45) is 5.84. The molecule has 1 aliphatic carbocycles. The minimum absolute atomic E-state index is 0.0696. The van der Waals surface area contributed by atoms with Gasteiger partial charge in [0.25, 0.3) is 0 Å². The van der Waals surface area contributed by atoms with Gasteiger partial charge in [0.1, 0.15) is 0 Å². The predicted molar refractivity (Wildman–Crippen MR) is 68.1 cm³/mol. The first-order valence-electron chi connectivity index (χ1n) is 5.88. The maximum absolute atomic E-state index is 11.9. The lowest BCUT2D eigenvalue weighted by Crippen LogP contribution is -2.55. The molecule has 0 aromatic carbocycles. The van der Waals surface area contributed by atoms with Crippen molar-refractivity contribution < 1.29 is 9.59 Å². The summed E-state index contributed by atoms with van der Waals surface area (Å²) in [5.74, 6) is 0.991. The first-order chi connectivity index (χ1) is 7.66. The molecule has 2 aliphatic heterocycles. The molecule has 2 fully saturated rings. The number of allylic oxidation sites excluding steroid dienone is 1. The average Bonchev–Trinajstić information content (AvgIpc) is 2.27. The summed E-state index contributed by atoms with van der Waals surface area (Å²) in [4.78, 5) is 25.7. The third kappa shape index (κ3) is 1.53. The lowest BCUT2D eigenvalue weighted by molar-refractivity contribution is -0.143. The summed E-state index contributed by atoms with van der Waals surface area (Å²) in [6.45, 7) is 0.666. The van der Waals surface area contributed by atoms with Crippen molar-refractivity contribution in [3.8, 4) is 0 Å². The Bertz CT molecular complexity index is 390. The Balaban J connectivity index is 1.95. The molecule has 0 N–H and O–H groups in total. The second-order valence-electron chi connectivity index (χ2n) is 4.98. The number of hydrogen-bond donors (Lipinski definition) is 0. The van der Waals surface area contributed by atoms with Crippen LogP contribution in [0.4, 0.5) is 0 Å². The van der Waals surface area contributed by atoms with Gasteiger partial charge in [-0.2, -0.15) is 0 Å². The number of piperidine rings is 2. The maximum Gasteiger partial charge on any atom is 0.222 e. The molecule has 86 valence electrons. The summed E-state index contributed by atoms with van der Waals surface area (Å²) in [7, 11) is 0. The van der Waals surface area contributed by atoms with Crippen molar-refractivity contribution in [2.75, 3.05) is 6.54 Å². The van der Waals surface area contributed by atoms with Crippen LogP contribution < -0.4 is 0 Å². The third-order valence-corrected chi connectivity index (χ3v) is 4.94. The van der Waals surface area contributed by atoms with Crippen molar-refractivity contribution in [3.63, 3.8) is 0 Å². The molecule has 2 bridgehead atoms. The number of Topliss-reactive ketones (excluding diaryl/α,β-unsaturated/α-hetero) is 1. The van der Waals surface area contributed by atoms with E-state index in [2.05, 4.69) is 28.7 Å². The standard InChI is InChI=1S/C12H14INO2/c13-9-5-7-4-8(12(9)16)6-14-10(7)2-1-3-11(14)15/h5,7-8,10H,1-4,6H2/t7-,8-,10+/m0/s1. The van der Waals surface area contributed by atoms with Gasteiger partial charge in [-0.15, -0.1) is 0 Å². The summed E-state index contributed by atoms with van der Waals surface area (Å²) in [5.41, 5.74) is 0. The molecule has 0 radical (unpaired) electrons. The Morgan fingerprint density at radius 1 is 1.38 bits per heavy atom. The number of rotatable bonds is 0. The van der Waals surface area contributed by atoms with E-state index in [4.69, 9.17) is 0 Å². The van der Waals surface area contributed by atoms with E-state index in [-0.39, 0.29) is 17.6 Å². The van der Waals surface area contributed by atoms with E-state index < -0.39 is 0 Å². The van der Waals surface area contributed by atoms with E-state index in [0.717, 1.165) is 22.8 Å². The molecule has 0 aromatic rings. The van der Waals surface area contributed by atoms with E-state index >= 15 is 0 Å². The van der Waals surface area contributed by atoms with Crippen LogP contribution in [0.25, 0.3) is 0 Å². The number of carbonyl (C=O) groups is 2. The highest BCUT2D eigenvalue weighted by Gasteiger charge is 2.44. The van der Waals surface area contributed by atoms with Gasteiger partial charge in [0.15, 0.2) is 5.78 Å². The van der Waals surface area contributed by atoms with Gasteiger partial charge in [0, 0.05) is 24.9 Å². The highest BCUT2D eigenvalue weighted by molar-refractivity contribution is 14.1. The van der Waals surface area contributed by atoms with Gasteiger partial charge in [0.2, 0.25) is 5.91 Å². The highest BCUT2D eigenvalue weighted by Crippen LogP contribution is 2.40. The molecule has 4 heteroatoms. The van der Waals surface area contributed by atoms with Crippen LogP contribution >= 0.6 is 22.6 Å². The van der Waals surface area contributed by atoms with Crippen molar-refractivity contribution in [2.45, 2.75) is 31.7 Å². The van der Waals surface area contributed by atoms with Crippen LogP contribution in [-0.2, 0) is 9.59 Å². The molecular weight excluding hydrogens is 317 g/mol. The molecule has 16 heavy (non-hydrogen) atoms. The van der Waals surface area contributed by atoms with Crippen molar-refractivity contribution in [3.05, 3.63) is 9.66 Å². The Labute approximate surface area is 108 Å². The predicted octanol–water partition coefficient (Wildman–Crippen LogP) is 1.91. The Morgan fingerprint density at radius 2 is 2.19 bits per heavy atom. The molecule has 0 spiro atoms. The fraction of sp³-hybridized carbons (Fsp3) is 0.667. The number of hydrogen-bond acceptors (Lipinski definition) is 2. The van der Waals surface area contributed by atoms with Gasteiger partial charge in [-0.1, -0.05) is 6.08 Å². The number of carbonyl (C=O) groups excluding carboxylic acids is 2. The molecule has 0 unspecified atom stereocenters. The normalized spacial score (nSPS) is 38.2. The molecular formula is C12H14INO2. The molecule has 3 nitrogen and oxygen atoms in total. The Kier molecular flexibility index (Phi) is 2.57. The zero-order valence-electron chi connectivity index (χ0n) is 8.99. The van der Waals surface area contributed by atoms with E-state index in [1.165, 1.54) is 0 Å². The van der Waals surface area contributed by atoms with Gasteiger partial charge in [-0.05, 0) is 47.8 Å². The quantitative estimate of drug-likeness (QED) is 0.636. The van der Waals surface area contributed by atoms with Gasteiger partial charge in [0.05, 0.1) is 3.58 Å². The van der Waals surface area contributed by atoms with Crippen LogP contribution in [0.5, 0.6) is 0 Å². The number of ketones is 1. The van der Waals surface area contributed by atoms with Gasteiger partial charge < -0.3 is 4.90 Å². The van der Waals surface area contributed by atoms with E-state index in [0.29, 0.717) is 24.9 Å². The minimum Gasteiger partial charge on any atom is -0.338 e. The van der Waals surface area contributed by atoms with E-state index in [1.807, 2.05) is 4.90 Å². The lowest BCUT2D eigenvalue weighted by atomic mass is 9.74. The summed E-state index contributed by atoms with van der Waals surface area (Å²) >= 11 is 2.15. The lowest BCUT2D eigenvalue weighted by Gasteiger charge is -2.47. The highest BCUT2D eigenvalue weighted by atomic mass is 127. The van der Waals surface area contributed by atoms with Crippen LogP contribution in [0, 0.1) is 11.8 Å². The van der Waals surface area contributed by atoms with Crippen LogP contribution in [-0.4, -0.2) is 29.2 Å². The van der Waals surface area contributed by atoms with Crippen molar-refractivity contribution in [2.24, 2.45) is 11.8 Å². The number of fused-ring (bicyclic) bond motifs is 4. The smallest absolute Gasteiger partial charge is 0.222 e. The molecule has 3 rings (SSSR count). The SMILES string of the molecule is O=C1C(I)=C[C@@H]2C[C@H]1CN1C(=O)CCC[C@H]21. The summed E-state index contributed by atoms with van der Waals surface area (Å²) < 4.78 is 0.886. The van der Waals surface area contributed by atoms with Crippen LogP contribution in [0.3, 0.4) is 0 Å². The molecule has 2 heterocycles. The van der Waals surface area contributed by atoms with Gasteiger partial charge >= 0.3 is 0 Å². The second-order valence-corrected chi connectivity index (χ2v) is 6.14. The topological polar surface area (TPSA) is 37.4 Å². The van der Waals surface area contributed by atoms with E-state index in [1.54, 1.807) is 0 Å². The first kappa shape index (κ1) is 10.7. The molecule has 1 amide bonds. The van der Waals surface area contributed by atoms with Crippen molar-refractivity contribution in [1.29, 1.82) is 0 Å². The number of amides is 1. The Morgan fingerprint density at radius 3 is 3.00 bits per heavy atom. The fourth-order valence-corrected chi connectivity index (χ4v) is 4.16. The third-order valence-electron chi connectivity index (χ3n) is 4.05. The molecule has 3 atom stereocenters. The van der Waals surface area contributed by atoms with Gasteiger partial charge in [-0.25, -0.2) is 0 Å². The van der Waals surface area contributed by atoms with E-state index in [9.17, 15) is 9.59 Å². The van der Waals surface area contributed by atoms with Crippen LogP contribution in [0.15, 0.2) is 9.66 Å². The fourth-order valence-electron chi connectivity index (χ4n) is 3.26. The zero-order valence-corrected chi connectivity index (χ0v) is 11.1. The molecule has 2 saturated heterocycles. The summed E-state index contributed by atoms with van der Waals surface area (Å²) in [5, 5.41) is 0. The van der Waals surface area contributed by atoms with Crippen molar-refractivity contribution >= 4 is 34.3 Å². The first-order valence-corrected chi connectivity index (χ1v) is 6.95. The average molecular weight is 331 g/mol.